The molecule has 3 nitrogen and oxygen atoms in total. The summed E-state index contributed by atoms with van der Waals surface area (Å²) in [6.07, 6.45) is 2.12. The molecule has 0 aromatic heterocycles. The fourth-order valence-corrected chi connectivity index (χ4v) is 2.49. The topological polar surface area (TPSA) is 41.1 Å². The first-order chi connectivity index (χ1) is 9.77. The van der Waals surface area contributed by atoms with E-state index in [-0.39, 0.29) is 11.6 Å². The standard InChI is InChI=1S/C17H27FN2O/c1-11(2)8-15(9-12(3)4)20-14-6-7-16(18)17(10-14)19-13(5)21/h6-7,10-12,15,20H,8-9H2,1-5H3,(H,19,21). The molecule has 0 aliphatic rings. The Morgan fingerprint density at radius 2 is 1.71 bits per heavy atom. The van der Waals surface area contributed by atoms with Crippen molar-refractivity contribution < 1.29 is 9.18 Å². The Kier molecular flexibility index (Phi) is 6.66. The molecule has 0 saturated carbocycles. The minimum Gasteiger partial charge on any atom is -0.382 e. The van der Waals surface area contributed by atoms with Gasteiger partial charge in [0.05, 0.1) is 5.69 Å². The van der Waals surface area contributed by atoms with Crippen LogP contribution in [0.5, 0.6) is 0 Å². The van der Waals surface area contributed by atoms with Gasteiger partial charge in [0.25, 0.3) is 0 Å². The Labute approximate surface area is 127 Å². The van der Waals surface area contributed by atoms with Crippen LogP contribution in [0.4, 0.5) is 15.8 Å². The van der Waals surface area contributed by atoms with Crippen molar-refractivity contribution in [3.8, 4) is 0 Å². The van der Waals surface area contributed by atoms with Crippen LogP contribution >= 0.6 is 0 Å². The lowest BCUT2D eigenvalue weighted by molar-refractivity contribution is -0.114. The van der Waals surface area contributed by atoms with Gasteiger partial charge in [0, 0.05) is 18.7 Å². The van der Waals surface area contributed by atoms with Crippen LogP contribution in [-0.4, -0.2) is 11.9 Å². The van der Waals surface area contributed by atoms with Crippen molar-refractivity contribution in [1.29, 1.82) is 0 Å². The van der Waals surface area contributed by atoms with Crippen LogP contribution in [0.3, 0.4) is 0 Å². The van der Waals surface area contributed by atoms with Gasteiger partial charge in [-0.1, -0.05) is 27.7 Å². The van der Waals surface area contributed by atoms with E-state index in [1.165, 1.54) is 13.0 Å². The summed E-state index contributed by atoms with van der Waals surface area (Å²) in [4.78, 5) is 11.1. The number of carbonyl (C=O) groups excluding carboxylic acids is 1. The predicted octanol–water partition coefficient (Wildman–Crippen LogP) is 4.66. The van der Waals surface area contributed by atoms with Crippen molar-refractivity contribution in [3.63, 3.8) is 0 Å². The molecule has 1 amide bonds. The van der Waals surface area contributed by atoms with Gasteiger partial charge < -0.3 is 10.6 Å². The minimum atomic E-state index is -0.417. The lowest BCUT2D eigenvalue weighted by atomic mass is 9.95. The van der Waals surface area contributed by atoms with Crippen molar-refractivity contribution >= 4 is 17.3 Å². The molecule has 2 N–H and O–H groups in total. The van der Waals surface area contributed by atoms with Gasteiger partial charge in [-0.25, -0.2) is 4.39 Å². The SMILES string of the molecule is CC(=O)Nc1cc(NC(CC(C)C)CC(C)C)ccc1F. The molecular weight excluding hydrogens is 267 g/mol. The van der Waals surface area contributed by atoms with Crippen LogP contribution in [0.15, 0.2) is 18.2 Å². The summed E-state index contributed by atoms with van der Waals surface area (Å²) in [7, 11) is 0. The number of amides is 1. The highest BCUT2D eigenvalue weighted by molar-refractivity contribution is 5.89. The van der Waals surface area contributed by atoms with Crippen LogP contribution < -0.4 is 10.6 Å². The molecule has 0 heterocycles. The van der Waals surface area contributed by atoms with Crippen LogP contribution in [0.1, 0.15) is 47.5 Å². The summed E-state index contributed by atoms with van der Waals surface area (Å²) in [6, 6.07) is 5.11. The number of halogens is 1. The van der Waals surface area contributed by atoms with Gasteiger partial charge in [-0.2, -0.15) is 0 Å². The summed E-state index contributed by atoms with van der Waals surface area (Å²) in [6.45, 7) is 10.2. The van der Waals surface area contributed by atoms with Crippen LogP contribution in [0, 0.1) is 17.7 Å². The van der Waals surface area contributed by atoms with E-state index in [2.05, 4.69) is 38.3 Å². The van der Waals surface area contributed by atoms with E-state index in [0.717, 1.165) is 18.5 Å². The third-order valence-electron chi connectivity index (χ3n) is 3.16. The third-order valence-corrected chi connectivity index (χ3v) is 3.16. The van der Waals surface area contributed by atoms with Gasteiger partial charge in [-0.3, -0.25) is 4.79 Å². The zero-order chi connectivity index (χ0) is 16.0. The molecule has 0 spiro atoms. The van der Waals surface area contributed by atoms with Crippen molar-refractivity contribution in [3.05, 3.63) is 24.0 Å². The van der Waals surface area contributed by atoms with Gasteiger partial charge >= 0.3 is 0 Å². The molecule has 0 bridgehead atoms. The van der Waals surface area contributed by atoms with Gasteiger partial charge in [-0.05, 0) is 42.9 Å². The number of hydrogen-bond acceptors (Lipinski definition) is 2. The zero-order valence-electron chi connectivity index (χ0n) is 13.7. The van der Waals surface area contributed by atoms with E-state index in [1.807, 2.05) is 0 Å². The summed E-state index contributed by atoms with van der Waals surface area (Å²) >= 11 is 0. The normalized spacial score (nSPS) is 11.3. The number of hydrogen-bond donors (Lipinski definition) is 2. The number of benzene rings is 1. The maximum absolute atomic E-state index is 13.6. The van der Waals surface area contributed by atoms with Gasteiger partial charge in [0.15, 0.2) is 0 Å². The smallest absolute Gasteiger partial charge is 0.221 e. The monoisotopic (exact) mass is 294 g/mol. The maximum atomic E-state index is 13.6. The number of anilines is 2. The van der Waals surface area contributed by atoms with Crippen LogP contribution in [0.2, 0.25) is 0 Å². The Bertz CT molecular complexity index is 462. The van der Waals surface area contributed by atoms with Crippen molar-refractivity contribution in [1.82, 2.24) is 0 Å². The maximum Gasteiger partial charge on any atom is 0.221 e. The quantitative estimate of drug-likeness (QED) is 0.768. The highest BCUT2D eigenvalue weighted by Gasteiger charge is 2.14. The number of nitrogens with one attached hydrogen (secondary N) is 2. The van der Waals surface area contributed by atoms with E-state index >= 15 is 0 Å². The Hall–Kier alpha value is -1.58. The molecule has 0 saturated heterocycles. The third kappa shape index (κ3) is 6.61. The number of carbonyl (C=O) groups is 1. The summed E-state index contributed by atoms with van der Waals surface area (Å²) in [5.74, 6) is 0.500. The molecular formula is C17H27FN2O. The van der Waals surface area contributed by atoms with E-state index in [0.29, 0.717) is 17.9 Å². The Balaban J connectivity index is 2.84. The average Bonchev–Trinajstić information content (AvgIpc) is 2.31. The lowest BCUT2D eigenvalue weighted by Gasteiger charge is -2.24. The second kappa shape index (κ2) is 8.01. The molecule has 1 aromatic carbocycles. The fourth-order valence-electron chi connectivity index (χ4n) is 2.49. The molecule has 0 radical (unpaired) electrons. The van der Waals surface area contributed by atoms with Crippen molar-refractivity contribution in [2.75, 3.05) is 10.6 Å². The first kappa shape index (κ1) is 17.5. The molecule has 0 atom stereocenters. The molecule has 0 aliphatic carbocycles. The van der Waals surface area contributed by atoms with Crippen molar-refractivity contribution in [2.45, 2.75) is 53.5 Å². The largest absolute Gasteiger partial charge is 0.382 e. The van der Waals surface area contributed by atoms with E-state index in [1.54, 1.807) is 12.1 Å². The molecule has 4 heteroatoms. The lowest BCUT2D eigenvalue weighted by Crippen LogP contribution is -2.23. The Morgan fingerprint density at radius 3 is 2.19 bits per heavy atom. The second-order valence-corrected chi connectivity index (χ2v) is 6.48. The summed E-state index contributed by atoms with van der Waals surface area (Å²) < 4.78 is 13.6. The van der Waals surface area contributed by atoms with E-state index in [9.17, 15) is 9.18 Å². The molecule has 1 rings (SSSR count). The zero-order valence-corrected chi connectivity index (χ0v) is 13.7. The average molecular weight is 294 g/mol. The van der Waals surface area contributed by atoms with Gasteiger partial charge in [-0.15, -0.1) is 0 Å². The number of rotatable bonds is 7. The van der Waals surface area contributed by atoms with E-state index in [4.69, 9.17) is 0 Å². The first-order valence-corrected chi connectivity index (χ1v) is 7.61. The molecule has 0 unspecified atom stereocenters. The van der Waals surface area contributed by atoms with Crippen LogP contribution in [-0.2, 0) is 4.79 Å². The van der Waals surface area contributed by atoms with Gasteiger partial charge in [0.1, 0.15) is 5.82 Å². The highest BCUT2D eigenvalue weighted by atomic mass is 19.1. The predicted molar refractivity (Wildman–Crippen MR) is 87.0 cm³/mol. The minimum absolute atomic E-state index is 0.223. The summed E-state index contributed by atoms with van der Waals surface area (Å²) in [5, 5.41) is 5.98. The van der Waals surface area contributed by atoms with E-state index < -0.39 is 5.82 Å². The Morgan fingerprint density at radius 1 is 1.14 bits per heavy atom. The second-order valence-electron chi connectivity index (χ2n) is 6.48. The molecule has 0 fully saturated rings. The molecule has 118 valence electrons. The molecule has 0 aliphatic heterocycles. The molecule has 1 aromatic rings. The summed E-state index contributed by atoms with van der Waals surface area (Å²) in [5.41, 5.74) is 1.06. The van der Waals surface area contributed by atoms with Gasteiger partial charge in [0.2, 0.25) is 5.91 Å². The highest BCUT2D eigenvalue weighted by Crippen LogP contribution is 2.23. The molecule has 21 heavy (non-hydrogen) atoms. The fraction of sp³-hybridized carbons (Fsp3) is 0.588. The van der Waals surface area contributed by atoms with Crippen LogP contribution in [0.25, 0.3) is 0 Å². The van der Waals surface area contributed by atoms with Crippen molar-refractivity contribution in [2.24, 2.45) is 11.8 Å². The first-order valence-electron chi connectivity index (χ1n) is 7.61.